The third-order valence-electron chi connectivity index (χ3n) is 2.71. The largest absolute Gasteiger partial charge is 0.409 e. The van der Waals surface area contributed by atoms with Gasteiger partial charge in [-0.2, -0.15) is 0 Å². The molecule has 0 bridgehead atoms. The van der Waals surface area contributed by atoms with E-state index in [9.17, 15) is 9.18 Å². The molecular formula is C13H18FN3O2. The lowest BCUT2D eigenvalue weighted by molar-refractivity contribution is 0.0952. The fourth-order valence-electron chi connectivity index (χ4n) is 1.52. The first kappa shape index (κ1) is 14.9. The van der Waals surface area contributed by atoms with Gasteiger partial charge in [0, 0.05) is 18.5 Å². The Balaban J connectivity index is 2.33. The van der Waals surface area contributed by atoms with E-state index >= 15 is 0 Å². The van der Waals surface area contributed by atoms with Gasteiger partial charge in [0.1, 0.15) is 11.7 Å². The van der Waals surface area contributed by atoms with Gasteiger partial charge in [0.25, 0.3) is 5.91 Å². The van der Waals surface area contributed by atoms with Gasteiger partial charge in [-0.1, -0.05) is 11.2 Å². The number of nitrogens with zero attached hydrogens (tertiary/aromatic N) is 1. The number of amidine groups is 1. The number of carbonyl (C=O) groups is 1. The van der Waals surface area contributed by atoms with Crippen LogP contribution in [0.5, 0.6) is 0 Å². The highest BCUT2D eigenvalue weighted by molar-refractivity contribution is 5.94. The molecule has 0 saturated heterocycles. The maximum Gasteiger partial charge on any atom is 0.251 e. The second-order valence-electron chi connectivity index (χ2n) is 4.27. The Kier molecular flexibility index (Phi) is 5.78. The van der Waals surface area contributed by atoms with Crippen molar-refractivity contribution in [1.82, 2.24) is 5.32 Å². The van der Waals surface area contributed by atoms with Crippen LogP contribution in [0.4, 0.5) is 4.39 Å². The van der Waals surface area contributed by atoms with Crippen LogP contribution in [-0.2, 0) is 0 Å². The molecule has 0 atom stereocenters. The molecule has 1 aromatic rings. The molecule has 5 nitrogen and oxygen atoms in total. The Morgan fingerprint density at radius 3 is 2.84 bits per heavy atom. The average molecular weight is 267 g/mol. The van der Waals surface area contributed by atoms with Gasteiger partial charge in [-0.05, 0) is 37.5 Å². The van der Waals surface area contributed by atoms with E-state index in [0.717, 1.165) is 0 Å². The van der Waals surface area contributed by atoms with Gasteiger partial charge >= 0.3 is 0 Å². The van der Waals surface area contributed by atoms with Crippen molar-refractivity contribution in [1.29, 1.82) is 0 Å². The number of hydrogen-bond donors (Lipinski definition) is 3. The minimum Gasteiger partial charge on any atom is -0.409 e. The van der Waals surface area contributed by atoms with Crippen LogP contribution in [0.2, 0.25) is 0 Å². The molecule has 1 aromatic carbocycles. The van der Waals surface area contributed by atoms with Gasteiger partial charge in [0.05, 0.1) is 0 Å². The van der Waals surface area contributed by atoms with E-state index in [1.807, 2.05) is 0 Å². The van der Waals surface area contributed by atoms with Gasteiger partial charge in [0.15, 0.2) is 0 Å². The molecule has 0 radical (unpaired) electrons. The summed E-state index contributed by atoms with van der Waals surface area (Å²) in [5, 5.41) is 13.9. The molecule has 0 unspecified atom stereocenters. The number of benzene rings is 1. The van der Waals surface area contributed by atoms with Crippen molar-refractivity contribution in [3.8, 4) is 0 Å². The van der Waals surface area contributed by atoms with E-state index in [0.29, 0.717) is 36.9 Å². The smallest absolute Gasteiger partial charge is 0.251 e. The SMILES string of the molecule is Cc1ccc(C(=O)NCCCCC(N)=NO)cc1F. The predicted octanol–water partition coefficient (Wildman–Crippen LogP) is 1.78. The van der Waals surface area contributed by atoms with Crippen LogP contribution in [0.1, 0.15) is 35.2 Å². The van der Waals surface area contributed by atoms with Crippen molar-refractivity contribution in [2.24, 2.45) is 10.9 Å². The Labute approximate surface area is 111 Å². The summed E-state index contributed by atoms with van der Waals surface area (Å²) in [4.78, 5) is 11.7. The quantitative estimate of drug-likeness (QED) is 0.241. The lowest BCUT2D eigenvalue weighted by atomic mass is 10.1. The molecule has 0 spiro atoms. The number of nitrogens with two attached hydrogens (primary N) is 1. The first-order chi connectivity index (χ1) is 9.04. The van der Waals surface area contributed by atoms with E-state index in [-0.39, 0.29) is 17.6 Å². The second kappa shape index (κ2) is 7.35. The van der Waals surface area contributed by atoms with Crippen LogP contribution in [-0.4, -0.2) is 23.5 Å². The summed E-state index contributed by atoms with van der Waals surface area (Å²) >= 11 is 0. The minimum absolute atomic E-state index is 0.173. The number of rotatable bonds is 6. The first-order valence-corrected chi connectivity index (χ1v) is 6.05. The topological polar surface area (TPSA) is 87.7 Å². The maximum atomic E-state index is 13.3. The molecule has 6 heteroatoms. The summed E-state index contributed by atoms with van der Waals surface area (Å²) in [6.45, 7) is 2.11. The van der Waals surface area contributed by atoms with Crippen LogP contribution >= 0.6 is 0 Å². The molecule has 0 aliphatic carbocycles. The molecule has 0 aromatic heterocycles. The normalized spacial score (nSPS) is 11.4. The standard InChI is InChI=1S/C13H18FN3O2/c1-9-5-6-10(8-11(9)14)13(18)16-7-3-2-4-12(15)17-19/h5-6,8,19H,2-4,7H2,1H3,(H2,15,17)(H,16,18). The zero-order valence-corrected chi connectivity index (χ0v) is 10.8. The van der Waals surface area contributed by atoms with Crippen LogP contribution in [0.15, 0.2) is 23.4 Å². The predicted molar refractivity (Wildman–Crippen MR) is 70.7 cm³/mol. The van der Waals surface area contributed by atoms with E-state index in [2.05, 4.69) is 10.5 Å². The summed E-state index contributed by atoms with van der Waals surface area (Å²) in [5.74, 6) is -0.519. The Bertz CT molecular complexity index is 475. The number of amides is 1. The number of oxime groups is 1. The van der Waals surface area contributed by atoms with Gasteiger partial charge in [0.2, 0.25) is 0 Å². The average Bonchev–Trinajstić information content (AvgIpc) is 2.40. The van der Waals surface area contributed by atoms with Crippen molar-refractivity contribution in [3.63, 3.8) is 0 Å². The summed E-state index contributed by atoms with van der Waals surface area (Å²) in [7, 11) is 0. The molecule has 19 heavy (non-hydrogen) atoms. The van der Waals surface area contributed by atoms with Gasteiger partial charge in [-0.15, -0.1) is 0 Å². The summed E-state index contributed by atoms with van der Waals surface area (Å²) < 4.78 is 13.3. The lowest BCUT2D eigenvalue weighted by Gasteiger charge is -2.06. The van der Waals surface area contributed by atoms with Crippen molar-refractivity contribution in [3.05, 3.63) is 35.1 Å². The highest BCUT2D eigenvalue weighted by atomic mass is 19.1. The van der Waals surface area contributed by atoms with Crippen LogP contribution in [0, 0.1) is 12.7 Å². The minimum atomic E-state index is -0.389. The van der Waals surface area contributed by atoms with Crippen molar-refractivity contribution < 1.29 is 14.4 Å². The van der Waals surface area contributed by atoms with E-state index in [4.69, 9.17) is 10.9 Å². The molecule has 0 fully saturated rings. The third-order valence-corrected chi connectivity index (χ3v) is 2.71. The highest BCUT2D eigenvalue weighted by Gasteiger charge is 2.07. The number of aryl methyl sites for hydroxylation is 1. The fourth-order valence-corrected chi connectivity index (χ4v) is 1.52. The molecular weight excluding hydrogens is 249 g/mol. The second-order valence-corrected chi connectivity index (χ2v) is 4.27. The summed E-state index contributed by atoms with van der Waals surface area (Å²) in [6, 6.07) is 4.38. The Morgan fingerprint density at radius 1 is 1.47 bits per heavy atom. The zero-order chi connectivity index (χ0) is 14.3. The molecule has 0 aliphatic rings. The molecule has 0 heterocycles. The molecule has 0 aliphatic heterocycles. The highest BCUT2D eigenvalue weighted by Crippen LogP contribution is 2.09. The van der Waals surface area contributed by atoms with Crippen molar-refractivity contribution in [2.75, 3.05) is 6.54 Å². The van der Waals surface area contributed by atoms with Crippen LogP contribution < -0.4 is 11.1 Å². The monoisotopic (exact) mass is 267 g/mol. The lowest BCUT2D eigenvalue weighted by Crippen LogP contribution is -2.24. The number of unbranched alkanes of at least 4 members (excludes halogenated alkanes) is 1. The molecule has 1 amide bonds. The van der Waals surface area contributed by atoms with E-state index in [1.165, 1.54) is 6.07 Å². The number of halogens is 1. The van der Waals surface area contributed by atoms with Crippen molar-refractivity contribution >= 4 is 11.7 Å². The Morgan fingerprint density at radius 2 is 2.21 bits per heavy atom. The number of nitrogens with one attached hydrogen (secondary N) is 1. The number of carbonyl (C=O) groups excluding carboxylic acids is 1. The van der Waals surface area contributed by atoms with E-state index in [1.54, 1.807) is 19.1 Å². The van der Waals surface area contributed by atoms with Gasteiger partial charge in [-0.3, -0.25) is 4.79 Å². The van der Waals surface area contributed by atoms with E-state index < -0.39 is 0 Å². The number of hydrogen-bond acceptors (Lipinski definition) is 3. The maximum absolute atomic E-state index is 13.3. The van der Waals surface area contributed by atoms with Crippen molar-refractivity contribution in [2.45, 2.75) is 26.2 Å². The summed E-state index contributed by atoms with van der Waals surface area (Å²) in [6.07, 6.45) is 1.89. The molecule has 4 N–H and O–H groups in total. The zero-order valence-electron chi connectivity index (χ0n) is 10.8. The molecule has 104 valence electrons. The third kappa shape index (κ3) is 4.95. The van der Waals surface area contributed by atoms with Crippen LogP contribution in [0.3, 0.4) is 0 Å². The summed E-state index contributed by atoms with van der Waals surface area (Å²) in [5.41, 5.74) is 6.12. The fraction of sp³-hybridized carbons (Fsp3) is 0.385. The molecule has 0 saturated carbocycles. The Hall–Kier alpha value is -2.11. The first-order valence-electron chi connectivity index (χ1n) is 6.05. The van der Waals surface area contributed by atoms with Gasteiger partial charge in [-0.25, -0.2) is 4.39 Å². The van der Waals surface area contributed by atoms with Crippen LogP contribution in [0.25, 0.3) is 0 Å². The molecule has 1 rings (SSSR count). The van der Waals surface area contributed by atoms with Gasteiger partial charge < -0.3 is 16.3 Å².